The Hall–Kier alpha value is -2.92. The van der Waals surface area contributed by atoms with Crippen LogP contribution in [0.3, 0.4) is 0 Å². The van der Waals surface area contributed by atoms with E-state index in [1.807, 2.05) is 24.3 Å². The Balaban J connectivity index is 1.78. The van der Waals surface area contributed by atoms with E-state index in [1.54, 1.807) is 19.4 Å². The number of aromatic nitrogens is 1. The minimum absolute atomic E-state index is 0.0389. The molecule has 0 aliphatic carbocycles. The van der Waals surface area contributed by atoms with Crippen molar-refractivity contribution in [1.82, 2.24) is 10.3 Å². The third kappa shape index (κ3) is 4.58. The average molecular weight is 363 g/mol. The van der Waals surface area contributed by atoms with Gasteiger partial charge in [0.25, 0.3) is 0 Å². The van der Waals surface area contributed by atoms with E-state index in [0.717, 1.165) is 16.8 Å². The third-order valence-electron chi connectivity index (χ3n) is 4.02. The number of nitrogens with one attached hydrogen (secondary N) is 2. The first-order valence-corrected chi connectivity index (χ1v) is 8.75. The largest absolute Gasteiger partial charge is 0.481 e. The van der Waals surface area contributed by atoms with Crippen molar-refractivity contribution in [3.8, 4) is 5.88 Å². The summed E-state index contributed by atoms with van der Waals surface area (Å²) < 4.78 is 5.08. The summed E-state index contributed by atoms with van der Waals surface area (Å²) in [6.07, 6.45) is 1.69. The summed E-state index contributed by atoms with van der Waals surface area (Å²) >= 11 is 5.52. The highest BCUT2D eigenvalue weighted by Gasteiger charge is 2.15. The van der Waals surface area contributed by atoms with E-state index in [0.29, 0.717) is 11.0 Å². The fourth-order valence-corrected chi connectivity index (χ4v) is 2.87. The van der Waals surface area contributed by atoms with Crippen LogP contribution < -0.4 is 15.4 Å². The first kappa shape index (κ1) is 17.9. The van der Waals surface area contributed by atoms with Crippen LogP contribution in [0.15, 0.2) is 72.9 Å². The summed E-state index contributed by atoms with van der Waals surface area (Å²) in [7, 11) is 1.59. The minimum atomic E-state index is -0.0389. The quantitative estimate of drug-likeness (QED) is 0.655. The molecule has 0 amide bonds. The maximum absolute atomic E-state index is 5.52. The van der Waals surface area contributed by atoms with Crippen LogP contribution >= 0.6 is 12.2 Å². The first-order valence-electron chi connectivity index (χ1n) is 8.35. The van der Waals surface area contributed by atoms with Gasteiger partial charge < -0.3 is 15.4 Å². The van der Waals surface area contributed by atoms with Crippen molar-refractivity contribution in [3.63, 3.8) is 0 Å². The smallest absolute Gasteiger partial charge is 0.213 e. The molecule has 3 aromatic rings. The molecule has 0 unspecified atom stereocenters. The number of pyridine rings is 1. The van der Waals surface area contributed by atoms with Gasteiger partial charge >= 0.3 is 0 Å². The molecule has 0 fully saturated rings. The Kier molecular flexibility index (Phi) is 5.81. The highest BCUT2D eigenvalue weighted by molar-refractivity contribution is 7.80. The molecule has 2 aromatic carbocycles. The average Bonchev–Trinajstić information content (AvgIpc) is 2.68. The highest BCUT2D eigenvalue weighted by atomic mass is 32.1. The molecule has 0 saturated carbocycles. The molecule has 3 rings (SSSR count). The standard InChI is InChI=1S/C21H21N3OS/c1-15-8-10-17(11-9-15)20(16-6-4-3-5-7-16)24-21(26)23-18-12-13-19(25-2)22-14-18/h3-14,20H,1-2H3,(H2,23,24,26)/t20-/m1/s1. The molecular weight excluding hydrogens is 342 g/mol. The number of thiocarbonyl (C=S) groups is 1. The monoisotopic (exact) mass is 363 g/mol. The summed E-state index contributed by atoms with van der Waals surface area (Å²) in [5.41, 5.74) is 4.33. The van der Waals surface area contributed by atoms with Gasteiger partial charge in [-0.2, -0.15) is 0 Å². The van der Waals surface area contributed by atoms with Crippen molar-refractivity contribution in [2.45, 2.75) is 13.0 Å². The van der Waals surface area contributed by atoms with E-state index >= 15 is 0 Å². The Morgan fingerprint density at radius 1 is 0.962 bits per heavy atom. The molecule has 0 saturated heterocycles. The maximum Gasteiger partial charge on any atom is 0.213 e. The van der Waals surface area contributed by atoms with Crippen LogP contribution in [-0.4, -0.2) is 17.2 Å². The number of hydrogen-bond acceptors (Lipinski definition) is 3. The van der Waals surface area contributed by atoms with Crippen LogP contribution in [0.2, 0.25) is 0 Å². The van der Waals surface area contributed by atoms with Gasteiger partial charge in [0, 0.05) is 6.07 Å². The second-order valence-corrected chi connectivity index (χ2v) is 6.35. The molecule has 0 bridgehead atoms. The molecule has 132 valence electrons. The van der Waals surface area contributed by atoms with Crippen molar-refractivity contribution in [1.29, 1.82) is 0 Å². The van der Waals surface area contributed by atoms with Crippen molar-refractivity contribution in [3.05, 3.63) is 89.6 Å². The van der Waals surface area contributed by atoms with Crippen LogP contribution in [0.4, 0.5) is 5.69 Å². The predicted octanol–water partition coefficient (Wildman–Crippen LogP) is 4.47. The topological polar surface area (TPSA) is 46.2 Å². The van der Waals surface area contributed by atoms with Gasteiger partial charge in [0.15, 0.2) is 5.11 Å². The van der Waals surface area contributed by atoms with Crippen molar-refractivity contribution in [2.75, 3.05) is 12.4 Å². The Bertz CT molecular complexity index is 849. The van der Waals surface area contributed by atoms with Crippen molar-refractivity contribution >= 4 is 23.0 Å². The van der Waals surface area contributed by atoms with Gasteiger partial charge in [-0.3, -0.25) is 0 Å². The van der Waals surface area contributed by atoms with Gasteiger partial charge in [-0.1, -0.05) is 60.2 Å². The zero-order valence-electron chi connectivity index (χ0n) is 14.8. The molecule has 2 N–H and O–H groups in total. The van der Waals surface area contributed by atoms with Gasteiger partial charge in [-0.15, -0.1) is 0 Å². The number of hydrogen-bond donors (Lipinski definition) is 2. The zero-order valence-corrected chi connectivity index (χ0v) is 15.6. The van der Waals surface area contributed by atoms with Crippen molar-refractivity contribution in [2.24, 2.45) is 0 Å². The van der Waals surface area contributed by atoms with Crippen LogP contribution in [-0.2, 0) is 0 Å². The molecule has 1 atom stereocenters. The second-order valence-electron chi connectivity index (χ2n) is 5.94. The zero-order chi connectivity index (χ0) is 18.4. The van der Waals surface area contributed by atoms with E-state index in [4.69, 9.17) is 17.0 Å². The first-order chi connectivity index (χ1) is 12.7. The van der Waals surface area contributed by atoms with Gasteiger partial charge in [-0.05, 0) is 36.3 Å². The Morgan fingerprint density at radius 3 is 2.27 bits per heavy atom. The molecule has 0 spiro atoms. The van der Waals surface area contributed by atoms with E-state index < -0.39 is 0 Å². The lowest BCUT2D eigenvalue weighted by Crippen LogP contribution is -2.33. The second kappa shape index (κ2) is 8.45. The lowest BCUT2D eigenvalue weighted by molar-refractivity contribution is 0.398. The molecule has 5 heteroatoms. The molecule has 0 aliphatic heterocycles. The van der Waals surface area contributed by atoms with Crippen LogP contribution in [0.25, 0.3) is 0 Å². The predicted molar refractivity (Wildman–Crippen MR) is 110 cm³/mol. The lowest BCUT2D eigenvalue weighted by atomic mass is 9.98. The highest BCUT2D eigenvalue weighted by Crippen LogP contribution is 2.22. The number of aryl methyl sites for hydroxylation is 1. The number of ether oxygens (including phenoxy) is 1. The summed E-state index contributed by atoms with van der Waals surface area (Å²) in [6, 6.07) is 22.3. The summed E-state index contributed by atoms with van der Waals surface area (Å²) in [5.74, 6) is 0.566. The van der Waals surface area contributed by atoms with Crippen LogP contribution in [0.5, 0.6) is 5.88 Å². The fraction of sp³-hybridized carbons (Fsp3) is 0.143. The Morgan fingerprint density at radius 2 is 1.65 bits per heavy atom. The number of rotatable bonds is 5. The van der Waals surface area contributed by atoms with Gasteiger partial charge in [0.1, 0.15) is 0 Å². The van der Waals surface area contributed by atoms with E-state index in [-0.39, 0.29) is 6.04 Å². The normalized spacial score (nSPS) is 11.5. The van der Waals surface area contributed by atoms with E-state index in [1.165, 1.54) is 5.56 Å². The molecule has 1 aromatic heterocycles. The summed E-state index contributed by atoms with van der Waals surface area (Å²) in [6.45, 7) is 2.08. The van der Waals surface area contributed by atoms with Crippen LogP contribution in [0.1, 0.15) is 22.7 Å². The molecule has 0 aliphatic rings. The van der Waals surface area contributed by atoms with Gasteiger partial charge in [0.2, 0.25) is 5.88 Å². The molecular formula is C21H21N3OS. The number of benzene rings is 2. The molecule has 0 radical (unpaired) electrons. The van der Waals surface area contributed by atoms with E-state index in [9.17, 15) is 0 Å². The van der Waals surface area contributed by atoms with Crippen LogP contribution in [0, 0.1) is 6.92 Å². The minimum Gasteiger partial charge on any atom is -0.481 e. The molecule has 1 heterocycles. The molecule has 26 heavy (non-hydrogen) atoms. The Labute approximate surface area is 159 Å². The third-order valence-corrected chi connectivity index (χ3v) is 4.24. The number of methoxy groups -OCH3 is 1. The fourth-order valence-electron chi connectivity index (χ4n) is 2.64. The van der Waals surface area contributed by atoms with E-state index in [2.05, 4.69) is 58.9 Å². The SMILES string of the molecule is COc1ccc(NC(=S)N[C@H](c2ccccc2)c2ccc(C)cc2)cn1. The van der Waals surface area contributed by atoms with Gasteiger partial charge in [-0.25, -0.2) is 4.98 Å². The summed E-state index contributed by atoms with van der Waals surface area (Å²) in [5, 5.41) is 7.12. The molecule has 4 nitrogen and oxygen atoms in total. The van der Waals surface area contributed by atoms with Gasteiger partial charge in [0.05, 0.1) is 25.0 Å². The number of anilines is 1. The van der Waals surface area contributed by atoms with Crippen molar-refractivity contribution < 1.29 is 4.74 Å². The summed E-state index contributed by atoms with van der Waals surface area (Å²) in [4.78, 5) is 4.18. The maximum atomic E-state index is 5.52. The number of nitrogens with zero attached hydrogens (tertiary/aromatic N) is 1. The lowest BCUT2D eigenvalue weighted by Gasteiger charge is -2.22.